The zero-order valence-electron chi connectivity index (χ0n) is 18.2. The number of ketones is 1. The molecule has 1 aromatic heterocycles. The van der Waals surface area contributed by atoms with Crippen LogP contribution in [0.2, 0.25) is 0 Å². The summed E-state index contributed by atoms with van der Waals surface area (Å²) in [6.45, 7) is 7.98. The molecule has 0 aliphatic carbocycles. The number of hydrogen-bond acceptors (Lipinski definition) is 5. The average Bonchev–Trinajstić information content (AvgIpc) is 3.44. The van der Waals surface area contributed by atoms with Gasteiger partial charge in [-0.15, -0.1) is 11.3 Å². The lowest BCUT2D eigenvalue weighted by atomic mass is 9.86. The monoisotopic (exact) mass is 434 g/mol. The van der Waals surface area contributed by atoms with Crippen molar-refractivity contribution in [1.82, 2.24) is 4.90 Å². The van der Waals surface area contributed by atoms with Crippen LogP contribution >= 0.6 is 11.3 Å². The van der Waals surface area contributed by atoms with Crippen LogP contribution in [-0.2, 0) is 9.59 Å². The van der Waals surface area contributed by atoms with Crippen LogP contribution in [0, 0.1) is 18.8 Å². The zero-order valence-corrected chi connectivity index (χ0v) is 19.0. The van der Waals surface area contributed by atoms with E-state index in [1.807, 2.05) is 57.3 Å². The lowest BCUT2D eigenvalue weighted by Crippen LogP contribution is -2.50. The van der Waals surface area contributed by atoms with Gasteiger partial charge in [-0.05, 0) is 56.3 Å². The first-order valence-corrected chi connectivity index (χ1v) is 11.8. The van der Waals surface area contributed by atoms with Gasteiger partial charge in [-0.25, -0.2) is 0 Å². The van der Waals surface area contributed by atoms with Gasteiger partial charge in [0.25, 0.3) is 0 Å². The largest absolute Gasteiger partial charge is 0.352 e. The zero-order chi connectivity index (χ0) is 22.0. The van der Waals surface area contributed by atoms with E-state index in [1.165, 1.54) is 16.2 Å². The third-order valence-corrected chi connectivity index (χ3v) is 7.99. The molecular formula is C25H26N2O3S. The molecule has 0 bridgehead atoms. The lowest BCUT2D eigenvalue weighted by Gasteiger charge is -2.38. The van der Waals surface area contributed by atoms with E-state index in [-0.39, 0.29) is 29.7 Å². The van der Waals surface area contributed by atoms with Crippen LogP contribution in [0.4, 0.5) is 5.69 Å². The summed E-state index contributed by atoms with van der Waals surface area (Å²) in [4.78, 5) is 44.9. The van der Waals surface area contributed by atoms with Crippen molar-refractivity contribution in [2.75, 3.05) is 4.90 Å². The van der Waals surface area contributed by atoms with Crippen molar-refractivity contribution < 1.29 is 14.4 Å². The SMILES string of the molecule is CC[C@H](C)N1C(=O)[C@@H]2[C@H](C1=O)[C@@H](C(=O)c1cccs1)N1c3ccc(C)cc3C(C)=C[C@H]21. The minimum atomic E-state index is -0.676. The number of carbonyl (C=O) groups excluding carboxylic acids is 3. The van der Waals surface area contributed by atoms with Crippen LogP contribution < -0.4 is 4.90 Å². The van der Waals surface area contributed by atoms with Crippen LogP contribution in [0.25, 0.3) is 5.57 Å². The average molecular weight is 435 g/mol. The smallest absolute Gasteiger partial charge is 0.236 e. The van der Waals surface area contributed by atoms with E-state index in [2.05, 4.69) is 17.0 Å². The predicted molar refractivity (Wildman–Crippen MR) is 122 cm³/mol. The molecule has 1 aromatic carbocycles. The molecule has 5 nitrogen and oxygen atoms in total. The summed E-state index contributed by atoms with van der Waals surface area (Å²) in [7, 11) is 0. The van der Waals surface area contributed by atoms with E-state index >= 15 is 0 Å². The van der Waals surface area contributed by atoms with Gasteiger partial charge in [0.1, 0.15) is 6.04 Å². The number of imide groups is 1. The third-order valence-electron chi connectivity index (χ3n) is 7.10. The Morgan fingerprint density at radius 1 is 1.13 bits per heavy atom. The number of carbonyl (C=O) groups is 3. The van der Waals surface area contributed by atoms with Crippen molar-refractivity contribution in [3.63, 3.8) is 0 Å². The van der Waals surface area contributed by atoms with Crippen LogP contribution in [0.1, 0.15) is 48.0 Å². The fourth-order valence-electron chi connectivity index (χ4n) is 5.46. The highest BCUT2D eigenvalue weighted by Gasteiger charge is 2.64. The minimum Gasteiger partial charge on any atom is -0.352 e. The number of fused-ring (bicyclic) bond motifs is 5. The molecule has 160 valence electrons. The molecule has 0 N–H and O–H groups in total. The third kappa shape index (κ3) is 2.77. The summed E-state index contributed by atoms with van der Waals surface area (Å²) >= 11 is 1.39. The number of rotatable bonds is 4. The number of allylic oxidation sites excluding steroid dienone is 1. The van der Waals surface area contributed by atoms with E-state index < -0.39 is 17.9 Å². The van der Waals surface area contributed by atoms with Gasteiger partial charge in [0.15, 0.2) is 5.78 Å². The molecule has 0 unspecified atom stereocenters. The Morgan fingerprint density at radius 3 is 2.55 bits per heavy atom. The number of hydrogen-bond donors (Lipinski definition) is 0. The topological polar surface area (TPSA) is 57.7 Å². The molecule has 6 heteroatoms. The Kier molecular flexibility index (Phi) is 4.66. The van der Waals surface area contributed by atoms with Crippen molar-refractivity contribution in [3.8, 4) is 0 Å². The number of benzene rings is 1. The molecule has 0 saturated carbocycles. The molecule has 5 atom stereocenters. The van der Waals surface area contributed by atoms with Crippen LogP contribution in [0.3, 0.4) is 0 Å². The lowest BCUT2D eigenvalue weighted by molar-refractivity contribution is -0.142. The second-order valence-electron chi connectivity index (χ2n) is 8.91. The molecule has 3 aliphatic heterocycles. The quantitative estimate of drug-likeness (QED) is 0.531. The number of anilines is 1. The number of Topliss-reactive ketones (excluding diaryl/α,β-unsaturated/α-hetero) is 1. The highest BCUT2D eigenvalue weighted by Crippen LogP contribution is 2.51. The van der Waals surface area contributed by atoms with Gasteiger partial charge in [-0.2, -0.15) is 0 Å². The van der Waals surface area contributed by atoms with Gasteiger partial charge in [0, 0.05) is 17.3 Å². The van der Waals surface area contributed by atoms with Gasteiger partial charge in [0.2, 0.25) is 11.8 Å². The fourth-order valence-corrected chi connectivity index (χ4v) is 6.16. The highest BCUT2D eigenvalue weighted by atomic mass is 32.1. The molecule has 4 heterocycles. The standard InChI is InChI=1S/C25H26N2O3S/c1-5-15(4)26-24(29)20-18-12-14(3)16-11-13(2)8-9-17(16)27(18)22(21(20)25(26)30)23(28)19-7-6-10-31-19/h6-12,15,18,20-22H,5H2,1-4H3/t15-,18+,20-,21-,22-/m0/s1. The van der Waals surface area contributed by atoms with Crippen LogP contribution in [0.15, 0.2) is 41.8 Å². The molecule has 0 spiro atoms. The van der Waals surface area contributed by atoms with Crippen LogP contribution in [-0.4, -0.2) is 40.6 Å². The van der Waals surface area contributed by atoms with Crippen molar-refractivity contribution in [2.45, 2.75) is 52.2 Å². The van der Waals surface area contributed by atoms with Gasteiger partial charge in [0.05, 0.1) is 22.8 Å². The maximum atomic E-state index is 13.7. The van der Waals surface area contributed by atoms with Gasteiger partial charge < -0.3 is 4.90 Å². The highest BCUT2D eigenvalue weighted by molar-refractivity contribution is 7.12. The fraction of sp³-hybridized carbons (Fsp3) is 0.400. The summed E-state index contributed by atoms with van der Waals surface area (Å²) in [6, 6.07) is 8.71. The summed E-state index contributed by atoms with van der Waals surface area (Å²) in [5, 5.41) is 1.88. The number of thiophene rings is 1. The summed E-state index contributed by atoms with van der Waals surface area (Å²) in [5.74, 6) is -1.59. The van der Waals surface area contributed by atoms with E-state index in [9.17, 15) is 14.4 Å². The van der Waals surface area contributed by atoms with E-state index in [4.69, 9.17) is 0 Å². The molecular weight excluding hydrogens is 408 g/mol. The van der Waals surface area contributed by atoms with E-state index in [0.29, 0.717) is 11.3 Å². The Balaban J connectivity index is 1.69. The number of amides is 2. The van der Waals surface area contributed by atoms with Crippen molar-refractivity contribution in [2.24, 2.45) is 11.8 Å². The van der Waals surface area contributed by atoms with Crippen molar-refractivity contribution in [3.05, 3.63) is 57.8 Å². The van der Waals surface area contributed by atoms with Gasteiger partial charge in [-0.3, -0.25) is 19.3 Å². The van der Waals surface area contributed by atoms with Crippen molar-refractivity contribution in [1.29, 1.82) is 0 Å². The van der Waals surface area contributed by atoms with Gasteiger partial charge >= 0.3 is 0 Å². The molecule has 2 amide bonds. The molecule has 31 heavy (non-hydrogen) atoms. The Hall–Kier alpha value is -2.73. The van der Waals surface area contributed by atoms with Crippen LogP contribution in [0.5, 0.6) is 0 Å². The minimum absolute atomic E-state index is 0.0703. The Bertz CT molecular complexity index is 1120. The molecule has 5 rings (SSSR count). The molecule has 2 fully saturated rings. The van der Waals surface area contributed by atoms with E-state index in [1.54, 1.807) is 0 Å². The summed E-state index contributed by atoms with van der Waals surface area (Å²) in [5.41, 5.74) is 4.24. The van der Waals surface area contributed by atoms with Gasteiger partial charge in [-0.1, -0.05) is 30.7 Å². The maximum Gasteiger partial charge on any atom is 0.236 e. The summed E-state index contributed by atoms with van der Waals surface area (Å²) in [6.07, 6.45) is 2.79. The second-order valence-corrected chi connectivity index (χ2v) is 9.86. The first-order chi connectivity index (χ1) is 14.8. The predicted octanol–water partition coefficient (Wildman–Crippen LogP) is 4.31. The normalized spacial score (nSPS) is 27.7. The Morgan fingerprint density at radius 2 is 1.87 bits per heavy atom. The first kappa shape index (κ1) is 20.2. The molecule has 2 aromatic rings. The number of nitrogens with zero attached hydrogens (tertiary/aromatic N) is 2. The number of likely N-dealkylation sites (tertiary alicyclic amines) is 1. The number of aryl methyl sites for hydroxylation is 1. The van der Waals surface area contributed by atoms with Crippen molar-refractivity contribution >= 4 is 40.2 Å². The molecule has 0 radical (unpaired) electrons. The molecule has 2 saturated heterocycles. The maximum absolute atomic E-state index is 13.7. The summed E-state index contributed by atoms with van der Waals surface area (Å²) < 4.78 is 0. The Labute approximate surface area is 186 Å². The van der Waals surface area contributed by atoms with E-state index in [0.717, 1.165) is 22.4 Å². The molecule has 3 aliphatic rings. The first-order valence-electron chi connectivity index (χ1n) is 10.9. The second kappa shape index (κ2) is 7.16.